The van der Waals surface area contributed by atoms with Crippen LogP contribution >= 0.6 is 0 Å². The Bertz CT molecular complexity index is 1460. The average molecular weight is 436 g/mol. The van der Waals surface area contributed by atoms with Crippen LogP contribution in [-0.2, 0) is 17.1 Å². The third kappa shape index (κ3) is 3.64. The highest BCUT2D eigenvalue weighted by Gasteiger charge is 2.31. The summed E-state index contributed by atoms with van der Waals surface area (Å²) in [5, 5.41) is 0.0172. The molecule has 0 saturated heterocycles. The van der Waals surface area contributed by atoms with Crippen LogP contribution < -0.4 is 15.6 Å². The quantitative estimate of drug-likeness (QED) is 0.518. The van der Waals surface area contributed by atoms with Crippen molar-refractivity contribution < 1.29 is 8.42 Å². The van der Waals surface area contributed by atoms with Gasteiger partial charge in [0, 0.05) is 13.2 Å². The van der Waals surface area contributed by atoms with E-state index in [0.717, 1.165) is 10.1 Å². The van der Waals surface area contributed by atoms with Gasteiger partial charge >= 0.3 is 5.69 Å². The number of anilines is 1. The Morgan fingerprint density at radius 3 is 2.26 bits per heavy atom. The standard InChI is InChI=1S/C22H20N4O4S/c1-15(16-9-5-3-6-10-16)26(17-11-7-4-8-12-17)31(29,30)18-13-19-20(23-14-18)25(2)22(28)24-21(19)27/h3-15H,1-2H3,(H,24,27,28)/t15-/m1/s1. The number of hydrogen-bond donors (Lipinski definition) is 1. The molecule has 1 atom stereocenters. The first-order valence-corrected chi connectivity index (χ1v) is 11.0. The van der Waals surface area contributed by atoms with Crippen molar-refractivity contribution in [1.29, 1.82) is 0 Å². The van der Waals surface area contributed by atoms with E-state index in [1.165, 1.54) is 23.6 Å². The number of nitrogens with zero attached hydrogens (tertiary/aromatic N) is 3. The number of fused-ring (bicyclic) bond motifs is 1. The Morgan fingerprint density at radius 2 is 1.61 bits per heavy atom. The molecule has 2 aromatic carbocycles. The normalized spacial score (nSPS) is 12.6. The van der Waals surface area contributed by atoms with Gasteiger partial charge in [0.25, 0.3) is 15.6 Å². The first-order valence-electron chi connectivity index (χ1n) is 9.54. The molecule has 4 rings (SSSR count). The summed E-state index contributed by atoms with van der Waals surface area (Å²) < 4.78 is 30.0. The van der Waals surface area contributed by atoms with Gasteiger partial charge in [-0.3, -0.25) is 18.7 Å². The summed E-state index contributed by atoms with van der Waals surface area (Å²) in [5.74, 6) is 0. The molecule has 0 aliphatic heterocycles. The van der Waals surface area contributed by atoms with Gasteiger partial charge in [-0.15, -0.1) is 0 Å². The molecule has 1 N–H and O–H groups in total. The van der Waals surface area contributed by atoms with Gasteiger partial charge in [0.05, 0.1) is 17.1 Å². The number of rotatable bonds is 5. The van der Waals surface area contributed by atoms with E-state index in [0.29, 0.717) is 5.69 Å². The molecule has 2 heterocycles. The number of aryl methyl sites for hydroxylation is 1. The van der Waals surface area contributed by atoms with E-state index >= 15 is 0 Å². The zero-order valence-corrected chi connectivity index (χ0v) is 17.7. The summed E-state index contributed by atoms with van der Waals surface area (Å²) in [5.41, 5.74) is 0.0848. The molecule has 0 spiro atoms. The number of nitrogens with one attached hydrogen (secondary N) is 1. The molecule has 0 unspecified atom stereocenters. The monoisotopic (exact) mass is 436 g/mol. The summed E-state index contributed by atoms with van der Waals surface area (Å²) in [6.07, 6.45) is 1.17. The SMILES string of the molecule is C[C@H](c1ccccc1)N(c1ccccc1)S(=O)(=O)c1cnc2c(c1)c(=O)[nH]c(=O)n2C. The average Bonchev–Trinajstić information content (AvgIpc) is 2.78. The van der Waals surface area contributed by atoms with E-state index in [1.807, 2.05) is 30.3 Å². The van der Waals surface area contributed by atoms with Crippen molar-refractivity contribution in [2.45, 2.75) is 17.9 Å². The van der Waals surface area contributed by atoms with Gasteiger partial charge in [-0.1, -0.05) is 48.5 Å². The molecule has 0 fully saturated rings. The van der Waals surface area contributed by atoms with Gasteiger partial charge in [-0.05, 0) is 30.7 Å². The minimum absolute atomic E-state index is 0.0172. The Balaban J connectivity index is 1.92. The molecule has 9 heteroatoms. The summed E-state index contributed by atoms with van der Waals surface area (Å²) in [6, 6.07) is 18.7. The lowest BCUT2D eigenvalue weighted by Gasteiger charge is -2.31. The fourth-order valence-electron chi connectivity index (χ4n) is 3.48. The van der Waals surface area contributed by atoms with E-state index in [1.54, 1.807) is 37.3 Å². The summed E-state index contributed by atoms with van der Waals surface area (Å²) in [7, 11) is -2.65. The topological polar surface area (TPSA) is 105 Å². The number of aromatic nitrogens is 3. The fraction of sp³-hybridized carbons (Fsp3) is 0.136. The smallest absolute Gasteiger partial charge is 0.281 e. The first-order chi connectivity index (χ1) is 14.8. The Kier molecular flexibility index (Phi) is 5.20. The highest BCUT2D eigenvalue weighted by Crippen LogP contribution is 2.33. The minimum atomic E-state index is -4.10. The largest absolute Gasteiger partial charge is 0.329 e. The van der Waals surface area contributed by atoms with E-state index < -0.39 is 27.3 Å². The molecule has 31 heavy (non-hydrogen) atoms. The number of hydrogen-bond acceptors (Lipinski definition) is 5. The van der Waals surface area contributed by atoms with Crippen molar-refractivity contribution in [2.75, 3.05) is 4.31 Å². The van der Waals surface area contributed by atoms with E-state index in [4.69, 9.17) is 0 Å². The molecule has 0 bridgehead atoms. The predicted molar refractivity (Wildman–Crippen MR) is 119 cm³/mol. The lowest BCUT2D eigenvalue weighted by atomic mass is 10.1. The summed E-state index contributed by atoms with van der Waals surface area (Å²) in [6.45, 7) is 1.80. The zero-order chi connectivity index (χ0) is 22.2. The van der Waals surface area contributed by atoms with Crippen LogP contribution in [-0.4, -0.2) is 23.0 Å². The fourth-order valence-corrected chi connectivity index (χ4v) is 5.10. The van der Waals surface area contributed by atoms with Crippen LogP contribution in [0.15, 0.2) is 87.4 Å². The van der Waals surface area contributed by atoms with E-state index in [-0.39, 0.29) is 15.9 Å². The number of benzene rings is 2. The van der Waals surface area contributed by atoms with Gasteiger partial charge in [0.15, 0.2) is 0 Å². The van der Waals surface area contributed by atoms with E-state index in [2.05, 4.69) is 9.97 Å². The molecular weight excluding hydrogens is 416 g/mol. The first kappa shape index (κ1) is 20.5. The number of para-hydroxylation sites is 1. The number of sulfonamides is 1. The van der Waals surface area contributed by atoms with Crippen LogP contribution in [0.5, 0.6) is 0 Å². The second-order valence-corrected chi connectivity index (χ2v) is 8.90. The van der Waals surface area contributed by atoms with Gasteiger partial charge in [0.1, 0.15) is 10.5 Å². The molecule has 8 nitrogen and oxygen atoms in total. The highest BCUT2D eigenvalue weighted by molar-refractivity contribution is 7.92. The lowest BCUT2D eigenvalue weighted by molar-refractivity contribution is 0.582. The molecule has 0 radical (unpaired) electrons. The molecule has 0 aliphatic rings. The van der Waals surface area contributed by atoms with Gasteiger partial charge in [0.2, 0.25) is 0 Å². The van der Waals surface area contributed by atoms with Gasteiger partial charge < -0.3 is 0 Å². The summed E-state index contributed by atoms with van der Waals surface area (Å²) >= 11 is 0. The number of H-pyrrole nitrogens is 1. The van der Waals surface area contributed by atoms with E-state index in [9.17, 15) is 18.0 Å². The lowest BCUT2D eigenvalue weighted by Crippen LogP contribution is -2.34. The second kappa shape index (κ2) is 7.84. The van der Waals surface area contributed by atoms with Crippen LogP contribution in [0.25, 0.3) is 11.0 Å². The number of aromatic amines is 1. The maximum atomic E-state index is 13.8. The molecule has 0 saturated carbocycles. The minimum Gasteiger partial charge on any atom is -0.281 e. The van der Waals surface area contributed by atoms with Gasteiger partial charge in [-0.25, -0.2) is 18.2 Å². The number of pyridine rings is 1. The third-order valence-corrected chi connectivity index (χ3v) is 6.99. The third-order valence-electron chi connectivity index (χ3n) is 5.13. The maximum Gasteiger partial charge on any atom is 0.329 e. The van der Waals surface area contributed by atoms with Crippen molar-refractivity contribution in [1.82, 2.24) is 14.5 Å². The second-order valence-electron chi connectivity index (χ2n) is 7.08. The van der Waals surface area contributed by atoms with Crippen LogP contribution in [0.4, 0.5) is 5.69 Å². The molecule has 0 aliphatic carbocycles. The highest BCUT2D eigenvalue weighted by atomic mass is 32.2. The predicted octanol–water partition coefficient (Wildman–Crippen LogP) is 2.58. The molecule has 2 aromatic heterocycles. The van der Waals surface area contributed by atoms with Crippen molar-refractivity contribution in [3.8, 4) is 0 Å². The molecular formula is C22H20N4O4S. The Morgan fingerprint density at radius 1 is 1.00 bits per heavy atom. The zero-order valence-electron chi connectivity index (χ0n) is 16.9. The molecule has 4 aromatic rings. The van der Waals surface area contributed by atoms with Gasteiger partial charge in [-0.2, -0.15) is 0 Å². The van der Waals surface area contributed by atoms with Crippen LogP contribution in [0, 0.1) is 0 Å². The Hall–Kier alpha value is -3.72. The van der Waals surface area contributed by atoms with Crippen LogP contribution in [0.2, 0.25) is 0 Å². The maximum absolute atomic E-state index is 13.8. The van der Waals surface area contributed by atoms with Crippen LogP contribution in [0.1, 0.15) is 18.5 Å². The van der Waals surface area contributed by atoms with Crippen molar-refractivity contribution in [3.63, 3.8) is 0 Å². The van der Waals surface area contributed by atoms with Crippen molar-refractivity contribution in [3.05, 3.63) is 99.3 Å². The van der Waals surface area contributed by atoms with Crippen molar-refractivity contribution >= 4 is 26.7 Å². The van der Waals surface area contributed by atoms with Crippen molar-refractivity contribution in [2.24, 2.45) is 7.05 Å². The molecule has 0 amide bonds. The summed E-state index contributed by atoms with van der Waals surface area (Å²) in [4.78, 5) is 30.3. The Labute approximate surface area is 178 Å². The molecule has 158 valence electrons. The van der Waals surface area contributed by atoms with Crippen LogP contribution in [0.3, 0.4) is 0 Å².